The Balaban J connectivity index is 2.34. The molecule has 90 valence electrons. The van der Waals surface area contributed by atoms with Gasteiger partial charge in [-0.15, -0.1) is 0 Å². The molecule has 0 saturated carbocycles. The highest BCUT2D eigenvalue weighted by molar-refractivity contribution is 4.80. The quantitative estimate of drug-likeness (QED) is 0.741. The molecule has 1 fully saturated rings. The summed E-state index contributed by atoms with van der Waals surface area (Å²) in [6.07, 6.45) is 2.82. The minimum atomic E-state index is -0.235. The van der Waals surface area contributed by atoms with Gasteiger partial charge in [-0.1, -0.05) is 0 Å². The predicted molar refractivity (Wildman–Crippen MR) is 61.7 cm³/mol. The van der Waals surface area contributed by atoms with Crippen LogP contribution in [0.3, 0.4) is 0 Å². The smallest absolute Gasteiger partial charge is 0.0639 e. The summed E-state index contributed by atoms with van der Waals surface area (Å²) in [6, 6.07) is 0.539. The van der Waals surface area contributed by atoms with Crippen molar-refractivity contribution in [1.29, 1.82) is 0 Å². The van der Waals surface area contributed by atoms with Gasteiger partial charge in [-0.05, 0) is 52.5 Å². The number of piperidine rings is 1. The number of hydrogen-bond acceptors (Lipinski definition) is 3. The van der Waals surface area contributed by atoms with Crippen molar-refractivity contribution in [1.82, 2.24) is 4.90 Å². The molecule has 1 saturated heterocycles. The van der Waals surface area contributed by atoms with E-state index in [1.54, 1.807) is 0 Å². The second kappa shape index (κ2) is 5.83. The Bertz CT molecular complexity index is 182. The van der Waals surface area contributed by atoms with Crippen molar-refractivity contribution in [3.05, 3.63) is 0 Å². The Morgan fingerprint density at radius 2 is 1.93 bits per heavy atom. The molecule has 0 aromatic heterocycles. The molecule has 4 atom stereocenters. The highest BCUT2D eigenvalue weighted by Gasteiger charge is 2.26. The molecule has 3 nitrogen and oxygen atoms in total. The first kappa shape index (κ1) is 12.9. The average molecular weight is 215 g/mol. The van der Waals surface area contributed by atoms with E-state index in [1.165, 1.54) is 0 Å². The molecule has 1 aliphatic rings. The van der Waals surface area contributed by atoms with Gasteiger partial charge in [0.1, 0.15) is 0 Å². The third-order valence-corrected chi connectivity index (χ3v) is 3.30. The van der Waals surface area contributed by atoms with Crippen LogP contribution in [0.5, 0.6) is 0 Å². The number of nitrogens with zero attached hydrogens (tertiary/aromatic N) is 1. The van der Waals surface area contributed by atoms with Crippen LogP contribution in [0.15, 0.2) is 0 Å². The molecule has 15 heavy (non-hydrogen) atoms. The van der Waals surface area contributed by atoms with Crippen LogP contribution in [0, 0.1) is 5.92 Å². The fraction of sp³-hybridized carbons (Fsp3) is 1.00. The van der Waals surface area contributed by atoms with Crippen molar-refractivity contribution in [2.75, 3.05) is 13.1 Å². The topological polar surface area (TPSA) is 43.7 Å². The van der Waals surface area contributed by atoms with Crippen molar-refractivity contribution in [2.45, 2.75) is 58.3 Å². The van der Waals surface area contributed by atoms with E-state index in [9.17, 15) is 10.2 Å². The third kappa shape index (κ3) is 4.49. The van der Waals surface area contributed by atoms with Crippen molar-refractivity contribution >= 4 is 0 Å². The molecule has 1 heterocycles. The zero-order valence-electron chi connectivity index (χ0n) is 10.2. The Morgan fingerprint density at radius 3 is 2.40 bits per heavy atom. The molecule has 0 radical (unpaired) electrons. The fourth-order valence-electron chi connectivity index (χ4n) is 2.63. The molecular weight excluding hydrogens is 190 g/mol. The van der Waals surface area contributed by atoms with Crippen LogP contribution in [-0.4, -0.2) is 46.5 Å². The first-order valence-electron chi connectivity index (χ1n) is 6.09. The summed E-state index contributed by atoms with van der Waals surface area (Å²) < 4.78 is 0. The van der Waals surface area contributed by atoms with Gasteiger partial charge in [0.25, 0.3) is 0 Å². The van der Waals surface area contributed by atoms with Gasteiger partial charge in [0.2, 0.25) is 0 Å². The zero-order valence-corrected chi connectivity index (χ0v) is 10.2. The van der Waals surface area contributed by atoms with Crippen LogP contribution >= 0.6 is 0 Å². The lowest BCUT2D eigenvalue weighted by Crippen LogP contribution is -2.44. The summed E-state index contributed by atoms with van der Waals surface area (Å²) in [6.45, 7) is 7.77. The summed E-state index contributed by atoms with van der Waals surface area (Å²) in [5.74, 6) is 0.658. The number of rotatable bonds is 4. The molecule has 0 bridgehead atoms. The minimum absolute atomic E-state index is 0.175. The molecule has 1 aliphatic heterocycles. The highest BCUT2D eigenvalue weighted by atomic mass is 16.3. The lowest BCUT2D eigenvalue weighted by Gasteiger charge is -2.38. The van der Waals surface area contributed by atoms with E-state index >= 15 is 0 Å². The lowest BCUT2D eigenvalue weighted by atomic mass is 9.87. The summed E-state index contributed by atoms with van der Waals surface area (Å²) >= 11 is 0. The van der Waals surface area contributed by atoms with Crippen LogP contribution in [0.4, 0.5) is 0 Å². The molecule has 0 aliphatic carbocycles. The number of aliphatic hydroxyl groups is 2. The van der Waals surface area contributed by atoms with Crippen molar-refractivity contribution < 1.29 is 10.2 Å². The molecule has 0 amide bonds. The van der Waals surface area contributed by atoms with E-state index in [1.807, 2.05) is 13.8 Å². The Morgan fingerprint density at radius 1 is 1.27 bits per heavy atom. The van der Waals surface area contributed by atoms with Gasteiger partial charge >= 0.3 is 0 Å². The number of hydrogen-bond donors (Lipinski definition) is 2. The largest absolute Gasteiger partial charge is 0.393 e. The zero-order chi connectivity index (χ0) is 11.4. The Kier molecular flexibility index (Phi) is 5.03. The number of aliphatic hydroxyl groups excluding tert-OH is 2. The van der Waals surface area contributed by atoms with Crippen molar-refractivity contribution in [3.8, 4) is 0 Å². The molecular formula is C12H25NO2. The maximum atomic E-state index is 9.35. The second-order valence-electron chi connectivity index (χ2n) is 5.17. The van der Waals surface area contributed by atoms with Crippen LogP contribution < -0.4 is 0 Å². The summed E-state index contributed by atoms with van der Waals surface area (Å²) in [5, 5.41) is 18.7. The second-order valence-corrected chi connectivity index (χ2v) is 5.17. The van der Waals surface area contributed by atoms with E-state index in [-0.39, 0.29) is 12.2 Å². The maximum absolute atomic E-state index is 9.35. The van der Waals surface area contributed by atoms with Crippen LogP contribution in [0.25, 0.3) is 0 Å². The van der Waals surface area contributed by atoms with Gasteiger partial charge < -0.3 is 10.2 Å². The average Bonchev–Trinajstić information content (AvgIpc) is 2.08. The van der Waals surface area contributed by atoms with Crippen molar-refractivity contribution in [2.24, 2.45) is 5.92 Å². The molecule has 3 heteroatoms. The molecule has 1 rings (SSSR count). The summed E-state index contributed by atoms with van der Waals surface area (Å²) in [4.78, 5) is 2.35. The third-order valence-electron chi connectivity index (χ3n) is 3.30. The van der Waals surface area contributed by atoms with E-state index in [0.29, 0.717) is 12.0 Å². The number of likely N-dealkylation sites (tertiary alicyclic amines) is 1. The molecule has 0 aromatic rings. The van der Waals surface area contributed by atoms with E-state index in [4.69, 9.17) is 0 Å². The van der Waals surface area contributed by atoms with E-state index in [2.05, 4.69) is 11.8 Å². The molecule has 4 unspecified atom stereocenters. The van der Waals surface area contributed by atoms with Gasteiger partial charge in [0.05, 0.1) is 12.2 Å². The van der Waals surface area contributed by atoms with Crippen LogP contribution in [-0.2, 0) is 0 Å². The Labute approximate surface area is 93.1 Å². The molecule has 2 N–H and O–H groups in total. The van der Waals surface area contributed by atoms with E-state index in [0.717, 1.165) is 32.4 Å². The van der Waals surface area contributed by atoms with Gasteiger partial charge in [-0.2, -0.15) is 0 Å². The Hall–Kier alpha value is -0.120. The first-order valence-corrected chi connectivity index (χ1v) is 6.09. The minimum Gasteiger partial charge on any atom is -0.393 e. The monoisotopic (exact) mass is 215 g/mol. The lowest BCUT2D eigenvalue weighted by molar-refractivity contribution is 0.0515. The van der Waals surface area contributed by atoms with Gasteiger partial charge in [0.15, 0.2) is 0 Å². The van der Waals surface area contributed by atoms with Crippen LogP contribution in [0.1, 0.15) is 40.0 Å². The van der Waals surface area contributed by atoms with Gasteiger partial charge in [-0.3, -0.25) is 4.90 Å². The van der Waals surface area contributed by atoms with E-state index < -0.39 is 0 Å². The van der Waals surface area contributed by atoms with Gasteiger partial charge in [-0.25, -0.2) is 0 Å². The summed E-state index contributed by atoms with van der Waals surface area (Å²) in [5.41, 5.74) is 0. The SMILES string of the molecule is CC(O)CC1CCN(CC(C)O)C(C)C1. The fourth-order valence-corrected chi connectivity index (χ4v) is 2.63. The maximum Gasteiger partial charge on any atom is 0.0639 e. The van der Waals surface area contributed by atoms with Gasteiger partial charge in [0, 0.05) is 12.6 Å². The predicted octanol–water partition coefficient (Wildman–Crippen LogP) is 1.24. The summed E-state index contributed by atoms with van der Waals surface area (Å²) in [7, 11) is 0. The molecule has 0 spiro atoms. The number of β-amino-alcohol motifs (C(OH)–C–C–N with tert-alkyl or cyclic N) is 1. The standard InChI is InChI=1S/C12H25NO2/c1-9-6-12(7-10(2)14)4-5-13(9)8-11(3)15/h9-12,14-15H,4-8H2,1-3H3. The van der Waals surface area contributed by atoms with Crippen molar-refractivity contribution in [3.63, 3.8) is 0 Å². The normalized spacial score (nSPS) is 32.6. The molecule has 0 aromatic carbocycles. The highest BCUT2D eigenvalue weighted by Crippen LogP contribution is 2.26. The first-order chi connectivity index (χ1) is 6.99. The van der Waals surface area contributed by atoms with Crippen LogP contribution in [0.2, 0.25) is 0 Å².